The fraction of sp³-hybridized carbons (Fsp3) is 0.429. The molecule has 0 unspecified atom stereocenters. The molecule has 0 saturated carbocycles. The van der Waals surface area contributed by atoms with Crippen molar-refractivity contribution < 1.29 is 13.2 Å². The lowest BCUT2D eigenvalue weighted by molar-refractivity contribution is 0.182. The fourth-order valence-electron chi connectivity index (χ4n) is 1.90. The van der Waals surface area contributed by atoms with Crippen LogP contribution in [0.5, 0.6) is 0 Å². The molecule has 5 nitrogen and oxygen atoms in total. The first-order valence-electron chi connectivity index (χ1n) is 6.47. The highest BCUT2D eigenvalue weighted by atomic mass is 79.9. The standard InChI is InChI=1S/C14H21BrN2O3S/c1-4-5-17(6-7-20-3)21(18,19)13-9-12(10-16)8-11(2)14(13)15/h4,8-9H,1,5-7,10,16H2,2-3H3. The number of benzene rings is 1. The van der Waals surface area contributed by atoms with Crippen molar-refractivity contribution in [2.24, 2.45) is 5.73 Å². The van der Waals surface area contributed by atoms with Gasteiger partial charge in [0.05, 0.1) is 11.5 Å². The first kappa shape index (κ1) is 18.3. The van der Waals surface area contributed by atoms with Crippen molar-refractivity contribution in [2.75, 3.05) is 26.8 Å². The summed E-state index contributed by atoms with van der Waals surface area (Å²) < 4.78 is 32.5. The average Bonchev–Trinajstić information content (AvgIpc) is 2.45. The maximum atomic E-state index is 12.8. The van der Waals surface area contributed by atoms with E-state index in [4.69, 9.17) is 10.5 Å². The van der Waals surface area contributed by atoms with Crippen LogP contribution in [0.2, 0.25) is 0 Å². The zero-order valence-electron chi connectivity index (χ0n) is 12.3. The maximum Gasteiger partial charge on any atom is 0.244 e. The van der Waals surface area contributed by atoms with Gasteiger partial charge in [0.1, 0.15) is 0 Å². The topological polar surface area (TPSA) is 72.6 Å². The fourth-order valence-corrected chi connectivity index (χ4v) is 4.33. The van der Waals surface area contributed by atoms with Gasteiger partial charge in [0, 0.05) is 31.2 Å². The van der Waals surface area contributed by atoms with Gasteiger partial charge >= 0.3 is 0 Å². The molecular formula is C14H21BrN2O3S. The van der Waals surface area contributed by atoms with E-state index in [2.05, 4.69) is 22.5 Å². The Balaban J connectivity index is 3.32. The van der Waals surface area contributed by atoms with Crippen molar-refractivity contribution in [3.05, 3.63) is 40.4 Å². The van der Waals surface area contributed by atoms with Crippen molar-refractivity contribution in [3.8, 4) is 0 Å². The molecule has 21 heavy (non-hydrogen) atoms. The highest BCUT2D eigenvalue weighted by Crippen LogP contribution is 2.29. The van der Waals surface area contributed by atoms with Crippen molar-refractivity contribution in [1.82, 2.24) is 4.31 Å². The van der Waals surface area contributed by atoms with Gasteiger partial charge in [-0.05, 0) is 40.0 Å². The smallest absolute Gasteiger partial charge is 0.244 e. The summed E-state index contributed by atoms with van der Waals surface area (Å²) in [7, 11) is -2.11. The molecule has 0 aliphatic rings. The predicted octanol–water partition coefficient (Wildman–Crippen LogP) is 2.04. The third kappa shape index (κ3) is 4.37. The molecule has 0 saturated heterocycles. The van der Waals surface area contributed by atoms with Gasteiger partial charge in [0.2, 0.25) is 10.0 Å². The Labute approximate surface area is 135 Å². The molecule has 1 aromatic rings. The molecule has 0 spiro atoms. The van der Waals surface area contributed by atoms with Crippen LogP contribution in [0.3, 0.4) is 0 Å². The third-order valence-electron chi connectivity index (χ3n) is 3.01. The molecule has 0 fully saturated rings. The SMILES string of the molecule is C=CCN(CCOC)S(=O)(=O)c1cc(CN)cc(C)c1Br. The van der Waals surface area contributed by atoms with E-state index in [0.29, 0.717) is 11.1 Å². The van der Waals surface area contributed by atoms with Gasteiger partial charge < -0.3 is 10.5 Å². The van der Waals surface area contributed by atoms with Crippen LogP contribution in [0.15, 0.2) is 34.2 Å². The predicted molar refractivity (Wildman–Crippen MR) is 87.6 cm³/mol. The molecule has 0 radical (unpaired) electrons. The second-order valence-corrected chi connectivity index (χ2v) is 7.27. The Bertz CT molecular complexity index is 602. The van der Waals surface area contributed by atoms with Crippen LogP contribution < -0.4 is 5.73 Å². The molecular weight excluding hydrogens is 356 g/mol. The van der Waals surface area contributed by atoms with Crippen molar-refractivity contribution in [3.63, 3.8) is 0 Å². The van der Waals surface area contributed by atoms with Crippen molar-refractivity contribution in [1.29, 1.82) is 0 Å². The number of hydrogen-bond acceptors (Lipinski definition) is 4. The average molecular weight is 377 g/mol. The van der Waals surface area contributed by atoms with E-state index in [1.54, 1.807) is 12.1 Å². The second-order valence-electron chi connectivity index (χ2n) is 4.57. The highest BCUT2D eigenvalue weighted by Gasteiger charge is 2.26. The lowest BCUT2D eigenvalue weighted by Crippen LogP contribution is -2.34. The minimum absolute atomic E-state index is 0.223. The lowest BCUT2D eigenvalue weighted by Gasteiger charge is -2.22. The van der Waals surface area contributed by atoms with Crippen LogP contribution in [0.4, 0.5) is 0 Å². The van der Waals surface area contributed by atoms with Gasteiger partial charge in [-0.25, -0.2) is 8.42 Å². The molecule has 1 rings (SSSR count). The highest BCUT2D eigenvalue weighted by molar-refractivity contribution is 9.10. The molecule has 0 amide bonds. The van der Waals surface area contributed by atoms with Crippen molar-refractivity contribution >= 4 is 26.0 Å². The van der Waals surface area contributed by atoms with E-state index in [-0.39, 0.29) is 24.5 Å². The van der Waals surface area contributed by atoms with Gasteiger partial charge in [0.15, 0.2) is 0 Å². The summed E-state index contributed by atoms with van der Waals surface area (Å²) in [6.07, 6.45) is 1.56. The minimum atomic E-state index is -3.64. The van der Waals surface area contributed by atoms with Crippen LogP contribution in [0.1, 0.15) is 11.1 Å². The summed E-state index contributed by atoms with van der Waals surface area (Å²) in [4.78, 5) is 0.223. The van der Waals surface area contributed by atoms with Crippen LogP contribution in [0.25, 0.3) is 0 Å². The van der Waals surface area contributed by atoms with E-state index < -0.39 is 10.0 Å². The monoisotopic (exact) mass is 376 g/mol. The Kier molecular flexibility index (Phi) is 7.02. The van der Waals surface area contributed by atoms with Crippen LogP contribution in [-0.2, 0) is 21.3 Å². The largest absolute Gasteiger partial charge is 0.383 e. The summed E-state index contributed by atoms with van der Waals surface area (Å²) in [5, 5.41) is 0. The summed E-state index contributed by atoms with van der Waals surface area (Å²) in [6, 6.07) is 3.48. The van der Waals surface area contributed by atoms with Crippen LogP contribution >= 0.6 is 15.9 Å². The summed E-state index contributed by atoms with van der Waals surface area (Å²) in [5.41, 5.74) is 7.25. The normalized spacial score (nSPS) is 11.9. The van der Waals surface area contributed by atoms with E-state index >= 15 is 0 Å². The Hall–Kier alpha value is -0.730. The Morgan fingerprint density at radius 3 is 2.67 bits per heavy atom. The van der Waals surface area contributed by atoms with Gasteiger partial charge in [-0.2, -0.15) is 4.31 Å². The van der Waals surface area contributed by atoms with Gasteiger partial charge in [-0.15, -0.1) is 6.58 Å². The van der Waals surface area contributed by atoms with Gasteiger partial charge in [-0.1, -0.05) is 12.1 Å². The molecule has 118 valence electrons. The molecule has 0 aliphatic carbocycles. The van der Waals surface area contributed by atoms with Crippen LogP contribution in [-0.4, -0.2) is 39.5 Å². The molecule has 7 heteroatoms. The first-order valence-corrected chi connectivity index (χ1v) is 8.70. The minimum Gasteiger partial charge on any atom is -0.383 e. The molecule has 2 N–H and O–H groups in total. The molecule has 0 atom stereocenters. The number of aryl methyl sites for hydroxylation is 1. The number of halogens is 1. The van der Waals surface area contributed by atoms with Crippen molar-refractivity contribution in [2.45, 2.75) is 18.4 Å². The summed E-state index contributed by atoms with van der Waals surface area (Å²) in [6.45, 7) is 6.55. The number of ether oxygens (including phenoxy) is 1. The molecule has 1 aromatic carbocycles. The lowest BCUT2D eigenvalue weighted by atomic mass is 10.1. The number of nitrogens with two attached hydrogens (primary N) is 1. The van der Waals surface area contributed by atoms with E-state index in [0.717, 1.165) is 11.1 Å². The zero-order chi connectivity index (χ0) is 16.0. The van der Waals surface area contributed by atoms with Gasteiger partial charge in [0.25, 0.3) is 0 Å². The zero-order valence-corrected chi connectivity index (χ0v) is 14.7. The number of sulfonamides is 1. The second kappa shape index (κ2) is 8.05. The van der Waals surface area contributed by atoms with Gasteiger partial charge in [-0.3, -0.25) is 0 Å². The number of hydrogen-bond donors (Lipinski definition) is 1. The number of nitrogens with zero attached hydrogens (tertiary/aromatic N) is 1. The first-order chi connectivity index (χ1) is 9.88. The Morgan fingerprint density at radius 2 is 2.14 bits per heavy atom. The Morgan fingerprint density at radius 1 is 1.48 bits per heavy atom. The quantitative estimate of drug-likeness (QED) is 0.704. The van der Waals surface area contributed by atoms with Crippen LogP contribution in [0, 0.1) is 6.92 Å². The van der Waals surface area contributed by atoms with E-state index in [9.17, 15) is 8.42 Å². The summed E-state index contributed by atoms with van der Waals surface area (Å²) in [5.74, 6) is 0. The number of rotatable bonds is 8. The molecule has 0 aliphatic heterocycles. The number of methoxy groups -OCH3 is 1. The molecule has 0 aromatic heterocycles. The maximum absolute atomic E-state index is 12.8. The van der Waals surface area contributed by atoms with E-state index in [1.165, 1.54) is 11.4 Å². The molecule has 0 heterocycles. The van der Waals surface area contributed by atoms with E-state index in [1.807, 2.05) is 13.0 Å². The summed E-state index contributed by atoms with van der Waals surface area (Å²) >= 11 is 3.36. The molecule has 0 bridgehead atoms. The third-order valence-corrected chi connectivity index (χ3v) is 6.22.